The standard InChI is InChI=1S/C23H21F7N3O5P.C2H6/c24-17-3-1-14(2-4-17)19-20(37-6-5-32(19)10-18-11-33(39(35)36)21(34)31-18)38-12-13-7-15(22(25,26)27)9-16(8-13)23(28,29)30;1-2/h1-4,7-9,11,19-20,35-36H,5-6,10,12H2,(H,31,34);1-2H3/t19-,20+;/m0./s1. The van der Waals surface area contributed by atoms with E-state index < -0.39 is 68.0 Å². The summed E-state index contributed by atoms with van der Waals surface area (Å²) in [4.78, 5) is 34.9. The third kappa shape index (κ3) is 8.37. The third-order valence-electron chi connectivity index (χ3n) is 5.90. The van der Waals surface area contributed by atoms with Crippen LogP contribution in [0.5, 0.6) is 0 Å². The number of benzene rings is 2. The maximum absolute atomic E-state index is 13.6. The molecule has 8 nitrogen and oxygen atoms in total. The molecule has 0 unspecified atom stereocenters. The molecule has 1 aliphatic heterocycles. The van der Waals surface area contributed by atoms with Crippen molar-refractivity contribution in [2.75, 3.05) is 13.2 Å². The zero-order valence-electron chi connectivity index (χ0n) is 21.7. The molecule has 4 rings (SSSR count). The first-order valence-corrected chi connectivity index (χ1v) is 13.4. The van der Waals surface area contributed by atoms with E-state index in [1.54, 1.807) is 4.90 Å². The van der Waals surface area contributed by atoms with Crippen LogP contribution < -0.4 is 5.69 Å². The van der Waals surface area contributed by atoms with Crippen molar-refractivity contribution in [1.29, 1.82) is 0 Å². The second-order valence-electron chi connectivity index (χ2n) is 8.63. The van der Waals surface area contributed by atoms with Gasteiger partial charge in [0.2, 0.25) is 0 Å². The Hall–Kier alpha value is -2.81. The molecule has 0 amide bonds. The van der Waals surface area contributed by atoms with Gasteiger partial charge in [-0.25, -0.2) is 13.5 Å². The van der Waals surface area contributed by atoms with Crippen molar-refractivity contribution < 1.29 is 50.0 Å². The first-order valence-electron chi connectivity index (χ1n) is 12.2. The number of ether oxygens (including phenoxy) is 2. The van der Waals surface area contributed by atoms with Crippen LogP contribution in [0.1, 0.15) is 47.8 Å². The van der Waals surface area contributed by atoms with E-state index >= 15 is 0 Å². The van der Waals surface area contributed by atoms with Crippen molar-refractivity contribution in [1.82, 2.24) is 14.2 Å². The largest absolute Gasteiger partial charge is 0.416 e. The van der Waals surface area contributed by atoms with Crippen LogP contribution >= 0.6 is 8.53 Å². The van der Waals surface area contributed by atoms with Gasteiger partial charge < -0.3 is 24.2 Å². The van der Waals surface area contributed by atoms with Gasteiger partial charge in [0, 0.05) is 19.3 Å². The van der Waals surface area contributed by atoms with E-state index in [4.69, 9.17) is 9.47 Å². The highest BCUT2D eigenvalue weighted by molar-refractivity contribution is 7.43. The van der Waals surface area contributed by atoms with E-state index in [1.807, 2.05) is 13.8 Å². The number of nitrogens with zero attached hydrogens (tertiary/aromatic N) is 2. The van der Waals surface area contributed by atoms with E-state index in [2.05, 4.69) is 4.98 Å². The van der Waals surface area contributed by atoms with Crippen LogP contribution in [0.3, 0.4) is 0 Å². The predicted octanol–water partition coefficient (Wildman–Crippen LogP) is 5.56. The molecule has 0 bridgehead atoms. The molecule has 2 atom stereocenters. The number of halogens is 7. The van der Waals surface area contributed by atoms with Gasteiger partial charge in [-0.1, -0.05) is 26.0 Å². The quantitative estimate of drug-likeness (QED) is 0.239. The van der Waals surface area contributed by atoms with Crippen LogP contribution in [0.15, 0.2) is 53.5 Å². The van der Waals surface area contributed by atoms with E-state index in [0.717, 1.165) is 12.1 Å². The molecular formula is C25H27F7N3O5P. The predicted molar refractivity (Wildman–Crippen MR) is 134 cm³/mol. The van der Waals surface area contributed by atoms with Crippen LogP contribution in [0.2, 0.25) is 0 Å². The molecule has 3 N–H and O–H groups in total. The Labute approximate surface area is 230 Å². The molecule has 1 aliphatic rings. The van der Waals surface area contributed by atoms with Crippen LogP contribution in [-0.2, 0) is 35.0 Å². The Morgan fingerprint density at radius 1 is 1.02 bits per heavy atom. The molecule has 0 saturated carbocycles. The summed E-state index contributed by atoms with van der Waals surface area (Å²) in [5, 5.41) is 0. The fraction of sp³-hybridized carbons (Fsp3) is 0.400. The van der Waals surface area contributed by atoms with Gasteiger partial charge in [0.1, 0.15) is 5.82 Å². The van der Waals surface area contributed by atoms with Crippen molar-refractivity contribution in [2.24, 2.45) is 0 Å². The van der Waals surface area contributed by atoms with Crippen LogP contribution in [0.4, 0.5) is 30.7 Å². The summed E-state index contributed by atoms with van der Waals surface area (Å²) in [6, 6.07) is 5.44. The average Bonchev–Trinajstić information content (AvgIpc) is 3.28. The van der Waals surface area contributed by atoms with Crippen molar-refractivity contribution >= 4 is 8.53 Å². The molecular weight excluding hydrogens is 586 g/mol. The van der Waals surface area contributed by atoms with Crippen molar-refractivity contribution in [3.05, 3.63) is 92.9 Å². The molecule has 0 radical (unpaired) electrons. The fourth-order valence-corrected chi connectivity index (χ4v) is 4.63. The Bertz CT molecular complexity index is 1310. The first-order chi connectivity index (χ1) is 19.2. The normalized spacial score (nSPS) is 18.3. The number of rotatable bonds is 7. The number of hydrogen-bond acceptors (Lipinski definition) is 6. The maximum atomic E-state index is 13.6. The summed E-state index contributed by atoms with van der Waals surface area (Å²) < 4.78 is 105. The minimum Gasteiger partial charge on any atom is -0.349 e. The number of hydrogen-bond donors (Lipinski definition) is 3. The van der Waals surface area contributed by atoms with Gasteiger partial charge in [-0.2, -0.15) is 26.3 Å². The number of morpholine rings is 1. The molecule has 41 heavy (non-hydrogen) atoms. The number of nitrogens with one attached hydrogen (secondary N) is 1. The van der Waals surface area contributed by atoms with Gasteiger partial charge >= 0.3 is 18.0 Å². The molecule has 3 aromatic rings. The minimum absolute atomic E-state index is 0.0124. The summed E-state index contributed by atoms with van der Waals surface area (Å²) >= 11 is 0. The van der Waals surface area contributed by atoms with Gasteiger partial charge in [0.15, 0.2) is 6.29 Å². The molecule has 16 heteroatoms. The summed E-state index contributed by atoms with van der Waals surface area (Å²) in [6.07, 6.45) is -10.1. The van der Waals surface area contributed by atoms with Gasteiger partial charge in [-0.3, -0.25) is 4.90 Å². The topological polar surface area (TPSA) is 100.0 Å². The summed E-state index contributed by atoms with van der Waals surface area (Å²) in [7, 11) is -2.74. The van der Waals surface area contributed by atoms with Crippen LogP contribution in [0, 0.1) is 5.82 Å². The van der Waals surface area contributed by atoms with Gasteiger partial charge in [-0.15, -0.1) is 0 Å². The Kier molecular flexibility index (Phi) is 10.7. The number of imidazole rings is 1. The minimum atomic E-state index is -5.03. The zero-order valence-corrected chi connectivity index (χ0v) is 22.6. The average molecular weight is 613 g/mol. The summed E-state index contributed by atoms with van der Waals surface area (Å²) in [5.74, 6) is -0.552. The Balaban J connectivity index is 0.00000226. The molecule has 1 fully saturated rings. The van der Waals surface area contributed by atoms with Crippen molar-refractivity contribution in [2.45, 2.75) is 51.7 Å². The monoisotopic (exact) mass is 613 g/mol. The molecule has 1 aromatic heterocycles. The highest BCUT2D eigenvalue weighted by Gasteiger charge is 2.38. The molecule has 2 heterocycles. The summed E-state index contributed by atoms with van der Waals surface area (Å²) in [6.45, 7) is 3.62. The maximum Gasteiger partial charge on any atom is 0.416 e. The van der Waals surface area contributed by atoms with E-state index in [0.29, 0.717) is 22.0 Å². The lowest BCUT2D eigenvalue weighted by molar-refractivity contribution is -0.218. The lowest BCUT2D eigenvalue weighted by Crippen LogP contribution is -2.46. The Morgan fingerprint density at radius 2 is 1.61 bits per heavy atom. The molecule has 0 spiro atoms. The second kappa shape index (κ2) is 13.4. The van der Waals surface area contributed by atoms with Crippen molar-refractivity contribution in [3.63, 3.8) is 0 Å². The van der Waals surface area contributed by atoms with E-state index in [9.17, 15) is 45.3 Å². The van der Waals surface area contributed by atoms with E-state index in [-0.39, 0.29) is 31.5 Å². The lowest BCUT2D eigenvalue weighted by Gasteiger charge is -2.41. The van der Waals surface area contributed by atoms with Gasteiger partial charge in [0.05, 0.1) is 36.1 Å². The molecule has 2 aromatic carbocycles. The summed E-state index contributed by atoms with van der Waals surface area (Å²) in [5.41, 5.74) is -3.41. The molecule has 0 aliphatic carbocycles. The second-order valence-corrected chi connectivity index (χ2v) is 9.60. The Morgan fingerprint density at radius 3 is 2.12 bits per heavy atom. The number of aromatic amines is 1. The highest BCUT2D eigenvalue weighted by Crippen LogP contribution is 2.37. The highest BCUT2D eigenvalue weighted by atomic mass is 31.2. The SMILES string of the molecule is CC.O=c1[nH]c(CN2CCO[C@H](OCc3cc(C(F)(F)F)cc(C(F)(F)F)c3)[C@@H]2c2ccc(F)cc2)cn1P(O)O. The molecule has 1 saturated heterocycles. The van der Waals surface area contributed by atoms with Gasteiger partial charge in [-0.05, 0) is 41.5 Å². The third-order valence-corrected chi connectivity index (χ3v) is 6.59. The fourth-order valence-electron chi connectivity index (χ4n) is 4.18. The number of H-pyrrole nitrogens is 1. The smallest absolute Gasteiger partial charge is 0.349 e. The van der Waals surface area contributed by atoms with Gasteiger partial charge in [0.25, 0.3) is 8.53 Å². The number of aromatic nitrogens is 2. The van der Waals surface area contributed by atoms with Crippen LogP contribution in [-0.4, -0.2) is 43.4 Å². The molecule has 226 valence electrons. The zero-order chi connectivity index (χ0) is 30.5. The lowest BCUT2D eigenvalue weighted by atomic mass is 10.0. The van der Waals surface area contributed by atoms with E-state index in [1.165, 1.54) is 18.3 Å². The number of alkyl halides is 6. The first kappa shape index (κ1) is 32.7. The van der Waals surface area contributed by atoms with Crippen LogP contribution in [0.25, 0.3) is 0 Å². The van der Waals surface area contributed by atoms with Crippen molar-refractivity contribution in [3.8, 4) is 0 Å².